The van der Waals surface area contributed by atoms with Crippen LogP contribution in [0.25, 0.3) is 0 Å². The van der Waals surface area contributed by atoms with Gasteiger partial charge in [-0.05, 0) is 53.6 Å². The lowest BCUT2D eigenvalue weighted by Crippen LogP contribution is -2.34. The van der Waals surface area contributed by atoms with Crippen molar-refractivity contribution < 1.29 is 14.3 Å². The largest absolute Gasteiger partial charge is 0.493 e. The van der Waals surface area contributed by atoms with Gasteiger partial charge in [0.1, 0.15) is 5.38 Å². The number of methoxy groups -OCH3 is 2. The number of ether oxygens (including phenoxy) is 2. The van der Waals surface area contributed by atoms with E-state index >= 15 is 0 Å². The third kappa shape index (κ3) is 5.35. The van der Waals surface area contributed by atoms with Crippen molar-refractivity contribution in [3.05, 3.63) is 81.5 Å². The van der Waals surface area contributed by atoms with Crippen molar-refractivity contribution in [2.24, 2.45) is 0 Å². The maximum Gasteiger partial charge on any atom is 0.245 e. The number of alkyl halides is 1. The highest BCUT2D eigenvalue weighted by Crippen LogP contribution is 2.29. The summed E-state index contributed by atoms with van der Waals surface area (Å²) in [4.78, 5) is 16.3. The number of amides is 1. The Morgan fingerprint density at radius 1 is 1.07 bits per heavy atom. The van der Waals surface area contributed by atoms with E-state index in [2.05, 4.69) is 18.4 Å². The van der Waals surface area contributed by atoms with E-state index in [1.165, 1.54) is 10.4 Å². The summed E-state index contributed by atoms with van der Waals surface area (Å²) in [5, 5.41) is 1.34. The molecule has 0 spiro atoms. The van der Waals surface area contributed by atoms with Crippen LogP contribution in [-0.2, 0) is 17.8 Å². The van der Waals surface area contributed by atoms with E-state index in [4.69, 9.17) is 21.1 Å². The van der Waals surface area contributed by atoms with Crippen molar-refractivity contribution in [1.29, 1.82) is 0 Å². The Morgan fingerprint density at radius 3 is 2.43 bits per heavy atom. The van der Waals surface area contributed by atoms with Gasteiger partial charge in [0.05, 0.1) is 20.8 Å². The fourth-order valence-electron chi connectivity index (χ4n) is 3.23. The molecular formula is C24H26ClNO3S. The lowest BCUT2D eigenvalue weighted by Gasteiger charge is -2.25. The molecule has 0 aliphatic carbocycles. The summed E-state index contributed by atoms with van der Waals surface area (Å²) in [6.45, 7) is 3.17. The molecule has 0 aliphatic rings. The number of thiophene rings is 1. The van der Waals surface area contributed by atoms with E-state index in [0.717, 1.165) is 11.1 Å². The molecule has 0 bridgehead atoms. The Balaban J connectivity index is 1.79. The van der Waals surface area contributed by atoms with Gasteiger partial charge in [-0.25, -0.2) is 0 Å². The predicted octanol–water partition coefficient (Wildman–Crippen LogP) is 5.63. The Labute approximate surface area is 187 Å². The number of carbonyl (C=O) groups excluding carboxylic acids is 1. The zero-order valence-corrected chi connectivity index (χ0v) is 19.0. The molecule has 1 amide bonds. The first-order valence-electron chi connectivity index (χ1n) is 9.75. The van der Waals surface area contributed by atoms with Crippen molar-refractivity contribution in [1.82, 2.24) is 4.90 Å². The maximum absolute atomic E-state index is 13.3. The Kier molecular flexibility index (Phi) is 7.77. The zero-order valence-electron chi connectivity index (χ0n) is 17.4. The minimum Gasteiger partial charge on any atom is -0.493 e. The fourth-order valence-corrected chi connectivity index (χ4v) is 4.44. The van der Waals surface area contributed by atoms with Crippen LogP contribution in [0.15, 0.2) is 60.0 Å². The van der Waals surface area contributed by atoms with Gasteiger partial charge in [0.15, 0.2) is 11.5 Å². The highest BCUT2D eigenvalue weighted by Gasteiger charge is 2.24. The minimum atomic E-state index is -0.711. The van der Waals surface area contributed by atoms with Crippen LogP contribution >= 0.6 is 22.9 Å². The molecule has 0 aliphatic heterocycles. The Morgan fingerprint density at radius 2 is 1.80 bits per heavy atom. The average molecular weight is 444 g/mol. The SMILES string of the molecule is COc1ccc(CCN(Cc2sccc2C)C(=O)C(Cl)c2ccccc2)cc1OC. The molecule has 0 saturated heterocycles. The smallest absolute Gasteiger partial charge is 0.245 e. The number of hydrogen-bond donors (Lipinski definition) is 0. The van der Waals surface area contributed by atoms with E-state index in [1.54, 1.807) is 25.6 Å². The average Bonchev–Trinajstić information content (AvgIpc) is 3.20. The van der Waals surface area contributed by atoms with Gasteiger partial charge in [-0.2, -0.15) is 0 Å². The number of benzene rings is 2. The Bertz CT molecular complexity index is 974. The molecule has 1 heterocycles. The van der Waals surface area contributed by atoms with Crippen LogP contribution in [0.4, 0.5) is 0 Å². The van der Waals surface area contributed by atoms with Crippen molar-refractivity contribution in [3.63, 3.8) is 0 Å². The monoisotopic (exact) mass is 443 g/mol. The van der Waals surface area contributed by atoms with E-state index < -0.39 is 5.38 Å². The molecule has 1 unspecified atom stereocenters. The quantitative estimate of drug-likeness (QED) is 0.402. The van der Waals surface area contributed by atoms with Gasteiger partial charge in [0.2, 0.25) is 5.91 Å². The fraction of sp³-hybridized carbons (Fsp3) is 0.292. The zero-order chi connectivity index (χ0) is 21.5. The summed E-state index contributed by atoms with van der Waals surface area (Å²) >= 11 is 8.24. The van der Waals surface area contributed by atoms with Crippen LogP contribution in [0.5, 0.6) is 11.5 Å². The standard InChI is InChI=1S/C24H26ClNO3S/c1-17-12-14-30-22(17)16-26(24(27)23(25)19-7-5-4-6-8-19)13-11-18-9-10-20(28-2)21(15-18)29-3/h4-10,12,14-15,23H,11,13,16H2,1-3H3. The molecule has 30 heavy (non-hydrogen) atoms. The molecule has 0 saturated carbocycles. The van der Waals surface area contributed by atoms with Crippen LogP contribution in [0, 0.1) is 6.92 Å². The van der Waals surface area contributed by atoms with Gasteiger partial charge in [-0.15, -0.1) is 22.9 Å². The number of aryl methyl sites for hydroxylation is 1. The molecule has 3 rings (SSSR count). The van der Waals surface area contributed by atoms with Crippen molar-refractivity contribution in [2.75, 3.05) is 20.8 Å². The third-order valence-electron chi connectivity index (χ3n) is 5.04. The number of rotatable bonds is 9. The summed E-state index contributed by atoms with van der Waals surface area (Å²) < 4.78 is 10.7. The second-order valence-electron chi connectivity index (χ2n) is 7.00. The van der Waals surface area contributed by atoms with E-state index in [0.29, 0.717) is 31.0 Å². The van der Waals surface area contributed by atoms with Crippen LogP contribution < -0.4 is 9.47 Å². The molecule has 0 N–H and O–H groups in total. The molecule has 4 nitrogen and oxygen atoms in total. The van der Waals surface area contributed by atoms with Gasteiger partial charge >= 0.3 is 0 Å². The van der Waals surface area contributed by atoms with Gasteiger partial charge in [-0.3, -0.25) is 4.79 Å². The first-order valence-corrected chi connectivity index (χ1v) is 11.1. The van der Waals surface area contributed by atoms with E-state index in [9.17, 15) is 4.79 Å². The van der Waals surface area contributed by atoms with Crippen LogP contribution in [-0.4, -0.2) is 31.6 Å². The lowest BCUT2D eigenvalue weighted by molar-refractivity contribution is -0.131. The van der Waals surface area contributed by atoms with Crippen LogP contribution in [0.3, 0.4) is 0 Å². The summed E-state index contributed by atoms with van der Waals surface area (Å²) in [7, 11) is 3.24. The Hall–Kier alpha value is -2.50. The molecule has 3 aromatic rings. The molecular weight excluding hydrogens is 418 g/mol. The summed E-state index contributed by atoms with van der Waals surface area (Å²) in [6.07, 6.45) is 0.689. The number of hydrogen-bond acceptors (Lipinski definition) is 4. The van der Waals surface area contributed by atoms with Crippen molar-refractivity contribution in [3.8, 4) is 11.5 Å². The third-order valence-corrected chi connectivity index (χ3v) is 6.49. The van der Waals surface area contributed by atoms with Crippen molar-refractivity contribution in [2.45, 2.75) is 25.3 Å². The summed E-state index contributed by atoms with van der Waals surface area (Å²) in [5.74, 6) is 1.28. The summed E-state index contributed by atoms with van der Waals surface area (Å²) in [5.41, 5.74) is 3.07. The maximum atomic E-state index is 13.3. The molecule has 1 aromatic heterocycles. The number of halogens is 1. The highest BCUT2D eigenvalue weighted by molar-refractivity contribution is 7.10. The summed E-state index contributed by atoms with van der Waals surface area (Å²) in [6, 6.07) is 17.4. The van der Waals surface area contributed by atoms with E-state index in [1.807, 2.05) is 53.4 Å². The lowest BCUT2D eigenvalue weighted by atomic mass is 10.1. The first-order chi connectivity index (χ1) is 14.5. The van der Waals surface area contributed by atoms with Crippen LogP contribution in [0.1, 0.15) is 26.9 Å². The first kappa shape index (κ1) is 22.2. The highest BCUT2D eigenvalue weighted by atomic mass is 35.5. The van der Waals surface area contributed by atoms with Gasteiger partial charge in [0.25, 0.3) is 0 Å². The van der Waals surface area contributed by atoms with Gasteiger partial charge in [0, 0.05) is 11.4 Å². The molecule has 1 atom stereocenters. The normalized spacial score (nSPS) is 11.7. The van der Waals surface area contributed by atoms with Gasteiger partial charge in [-0.1, -0.05) is 36.4 Å². The van der Waals surface area contributed by atoms with E-state index in [-0.39, 0.29) is 5.91 Å². The predicted molar refractivity (Wildman–Crippen MR) is 123 cm³/mol. The van der Waals surface area contributed by atoms with Crippen LogP contribution in [0.2, 0.25) is 0 Å². The second-order valence-corrected chi connectivity index (χ2v) is 8.44. The van der Waals surface area contributed by atoms with Gasteiger partial charge < -0.3 is 14.4 Å². The topological polar surface area (TPSA) is 38.8 Å². The van der Waals surface area contributed by atoms with Crippen molar-refractivity contribution >= 4 is 28.8 Å². The molecule has 2 aromatic carbocycles. The molecule has 0 radical (unpaired) electrons. The molecule has 6 heteroatoms. The number of nitrogens with zero attached hydrogens (tertiary/aromatic N) is 1. The number of carbonyl (C=O) groups is 1. The molecule has 0 fully saturated rings. The second kappa shape index (κ2) is 10.5. The molecule has 158 valence electrons. The minimum absolute atomic E-state index is 0.0869.